The first-order chi connectivity index (χ1) is 14.6. The lowest BCUT2D eigenvalue weighted by Gasteiger charge is -2.43. The van der Waals surface area contributed by atoms with Crippen molar-refractivity contribution in [2.45, 2.75) is 38.3 Å². The third-order valence-corrected chi connectivity index (χ3v) is 8.46. The molecule has 0 atom stereocenters. The van der Waals surface area contributed by atoms with Gasteiger partial charge < -0.3 is 4.90 Å². The summed E-state index contributed by atoms with van der Waals surface area (Å²) in [5.74, 6) is 0.265. The number of rotatable bonds is 4. The zero-order valence-electron chi connectivity index (χ0n) is 16.9. The van der Waals surface area contributed by atoms with Crippen molar-refractivity contribution in [3.05, 3.63) is 38.8 Å². The van der Waals surface area contributed by atoms with Gasteiger partial charge in [0.15, 0.2) is 0 Å². The molecule has 1 aromatic carbocycles. The maximum absolute atomic E-state index is 12.9. The Kier molecular flexibility index (Phi) is 6.04. The molecule has 2 aromatic rings. The molecule has 5 rings (SSSR count). The second kappa shape index (κ2) is 8.75. The van der Waals surface area contributed by atoms with E-state index in [1.165, 1.54) is 24.1 Å². The first-order valence-corrected chi connectivity index (χ1v) is 12.3. The Bertz CT molecular complexity index is 937. The van der Waals surface area contributed by atoms with E-state index in [4.69, 9.17) is 28.2 Å². The number of carbonyl (C=O) groups excluding carboxylic acids is 1. The van der Waals surface area contributed by atoms with E-state index in [2.05, 4.69) is 14.7 Å². The highest BCUT2D eigenvalue weighted by molar-refractivity contribution is 7.15. The van der Waals surface area contributed by atoms with Gasteiger partial charge in [0.25, 0.3) is 0 Å². The zero-order chi connectivity index (χ0) is 20.7. The van der Waals surface area contributed by atoms with Gasteiger partial charge >= 0.3 is 0 Å². The summed E-state index contributed by atoms with van der Waals surface area (Å²) in [4.78, 5) is 25.8. The Morgan fingerprint density at radius 3 is 2.60 bits per heavy atom. The third-order valence-electron chi connectivity index (χ3n) is 6.59. The highest BCUT2D eigenvalue weighted by Crippen LogP contribution is 2.34. The third kappa shape index (κ3) is 4.26. The first kappa shape index (κ1) is 20.7. The molecule has 1 aliphatic carbocycles. The van der Waals surface area contributed by atoms with Crippen LogP contribution < -0.4 is 0 Å². The van der Waals surface area contributed by atoms with Crippen molar-refractivity contribution in [1.82, 2.24) is 19.7 Å². The SMILES string of the molecule is O=C(CN1CCc2nc(-c3ccc(Cl)c(Cl)c3)sc2C1)N1CCN(C2CCC2)CC1. The largest absolute Gasteiger partial charge is 0.339 e. The quantitative estimate of drug-likeness (QED) is 0.680. The van der Waals surface area contributed by atoms with Crippen molar-refractivity contribution in [3.8, 4) is 10.6 Å². The molecule has 160 valence electrons. The Hall–Kier alpha value is -1.18. The molecule has 2 aliphatic heterocycles. The minimum atomic E-state index is 0.265. The van der Waals surface area contributed by atoms with Crippen LogP contribution in [0.5, 0.6) is 0 Å². The summed E-state index contributed by atoms with van der Waals surface area (Å²) < 4.78 is 0. The summed E-state index contributed by atoms with van der Waals surface area (Å²) in [6.07, 6.45) is 4.92. The fraction of sp³-hybridized carbons (Fsp3) is 0.545. The van der Waals surface area contributed by atoms with Crippen LogP contribution in [0.4, 0.5) is 0 Å². The number of aromatic nitrogens is 1. The van der Waals surface area contributed by atoms with Gasteiger partial charge in [0.1, 0.15) is 5.01 Å². The van der Waals surface area contributed by atoms with E-state index in [1.807, 2.05) is 18.2 Å². The Labute approximate surface area is 191 Å². The molecule has 1 saturated heterocycles. The number of thiazole rings is 1. The fourth-order valence-electron chi connectivity index (χ4n) is 4.52. The summed E-state index contributed by atoms with van der Waals surface area (Å²) in [6, 6.07) is 6.43. The van der Waals surface area contributed by atoms with Gasteiger partial charge in [-0.3, -0.25) is 14.6 Å². The van der Waals surface area contributed by atoms with Crippen molar-refractivity contribution >= 4 is 40.4 Å². The molecule has 0 bridgehead atoms. The average Bonchev–Trinajstić information content (AvgIpc) is 3.13. The number of piperazine rings is 1. The van der Waals surface area contributed by atoms with Crippen LogP contribution in [0.1, 0.15) is 29.8 Å². The van der Waals surface area contributed by atoms with Gasteiger partial charge in [0, 0.05) is 62.2 Å². The summed E-state index contributed by atoms with van der Waals surface area (Å²) in [6.45, 7) is 5.98. The van der Waals surface area contributed by atoms with Gasteiger partial charge in [-0.2, -0.15) is 0 Å². The normalized spacial score (nSPS) is 20.8. The number of nitrogens with zero attached hydrogens (tertiary/aromatic N) is 4. The molecule has 30 heavy (non-hydrogen) atoms. The molecule has 0 radical (unpaired) electrons. The highest BCUT2D eigenvalue weighted by Gasteiger charge is 2.30. The van der Waals surface area contributed by atoms with Gasteiger partial charge in [0.05, 0.1) is 22.3 Å². The molecule has 0 unspecified atom stereocenters. The molecule has 0 spiro atoms. The molecule has 3 aliphatic rings. The zero-order valence-corrected chi connectivity index (χ0v) is 19.3. The topological polar surface area (TPSA) is 39.7 Å². The minimum absolute atomic E-state index is 0.265. The van der Waals surface area contributed by atoms with Gasteiger partial charge in [-0.15, -0.1) is 11.3 Å². The molecular formula is C22H26Cl2N4OS. The van der Waals surface area contributed by atoms with Crippen LogP contribution >= 0.6 is 34.5 Å². The number of benzene rings is 1. The monoisotopic (exact) mass is 464 g/mol. The lowest BCUT2D eigenvalue weighted by Crippen LogP contribution is -2.55. The molecule has 1 saturated carbocycles. The number of fused-ring (bicyclic) bond motifs is 1. The fourth-order valence-corrected chi connectivity index (χ4v) is 5.96. The molecule has 8 heteroatoms. The van der Waals surface area contributed by atoms with Crippen LogP contribution in [0.15, 0.2) is 18.2 Å². The van der Waals surface area contributed by atoms with E-state index in [-0.39, 0.29) is 5.91 Å². The van der Waals surface area contributed by atoms with Crippen LogP contribution in [0.2, 0.25) is 10.0 Å². The predicted molar refractivity (Wildman–Crippen MR) is 122 cm³/mol. The Morgan fingerprint density at radius 1 is 1.10 bits per heavy atom. The number of carbonyl (C=O) groups is 1. The van der Waals surface area contributed by atoms with Crippen molar-refractivity contribution < 1.29 is 4.79 Å². The molecule has 1 aromatic heterocycles. The summed E-state index contributed by atoms with van der Waals surface area (Å²) in [5.41, 5.74) is 2.15. The van der Waals surface area contributed by atoms with Gasteiger partial charge in [-0.05, 0) is 25.0 Å². The van der Waals surface area contributed by atoms with Crippen LogP contribution in [0.25, 0.3) is 10.6 Å². The molecule has 2 fully saturated rings. The maximum Gasteiger partial charge on any atom is 0.236 e. The number of halogens is 2. The van der Waals surface area contributed by atoms with Crippen LogP contribution in [0.3, 0.4) is 0 Å². The van der Waals surface area contributed by atoms with E-state index >= 15 is 0 Å². The van der Waals surface area contributed by atoms with Crippen LogP contribution in [-0.2, 0) is 17.8 Å². The van der Waals surface area contributed by atoms with Crippen LogP contribution in [-0.4, -0.2) is 70.9 Å². The Balaban J connectivity index is 1.18. The number of hydrogen-bond acceptors (Lipinski definition) is 5. The maximum atomic E-state index is 12.9. The van der Waals surface area contributed by atoms with Crippen molar-refractivity contribution in [1.29, 1.82) is 0 Å². The molecule has 0 N–H and O–H groups in total. The first-order valence-electron chi connectivity index (χ1n) is 10.7. The van der Waals surface area contributed by atoms with E-state index < -0.39 is 0 Å². The van der Waals surface area contributed by atoms with Gasteiger partial charge in [0.2, 0.25) is 5.91 Å². The van der Waals surface area contributed by atoms with Gasteiger partial charge in [-0.1, -0.05) is 35.7 Å². The smallest absolute Gasteiger partial charge is 0.236 e. The van der Waals surface area contributed by atoms with E-state index in [9.17, 15) is 4.79 Å². The lowest BCUT2D eigenvalue weighted by atomic mass is 9.91. The summed E-state index contributed by atoms with van der Waals surface area (Å²) in [5, 5.41) is 2.07. The van der Waals surface area contributed by atoms with Crippen LogP contribution in [0, 0.1) is 0 Å². The van der Waals surface area contributed by atoms with Crippen molar-refractivity contribution in [2.24, 2.45) is 0 Å². The second-order valence-corrected chi connectivity index (χ2v) is 10.4. The summed E-state index contributed by atoms with van der Waals surface area (Å²) in [7, 11) is 0. The van der Waals surface area contributed by atoms with E-state index in [1.54, 1.807) is 11.3 Å². The number of hydrogen-bond donors (Lipinski definition) is 0. The van der Waals surface area contributed by atoms with Gasteiger partial charge in [-0.25, -0.2) is 4.98 Å². The number of amides is 1. The Morgan fingerprint density at radius 2 is 1.90 bits per heavy atom. The van der Waals surface area contributed by atoms with Crippen molar-refractivity contribution in [3.63, 3.8) is 0 Å². The van der Waals surface area contributed by atoms with Crippen molar-refractivity contribution in [2.75, 3.05) is 39.3 Å². The highest BCUT2D eigenvalue weighted by atomic mass is 35.5. The minimum Gasteiger partial charge on any atom is -0.339 e. The average molecular weight is 465 g/mol. The molecular weight excluding hydrogens is 439 g/mol. The molecule has 5 nitrogen and oxygen atoms in total. The molecule has 3 heterocycles. The van der Waals surface area contributed by atoms with E-state index in [0.717, 1.165) is 68.0 Å². The second-order valence-electron chi connectivity index (χ2n) is 8.48. The predicted octanol–water partition coefficient (Wildman–Crippen LogP) is 4.17. The molecule has 1 amide bonds. The lowest BCUT2D eigenvalue weighted by molar-refractivity contribution is -0.135. The standard InChI is InChI=1S/C22H26Cl2N4OS/c23-17-5-4-15(12-18(17)24)22-25-19-6-7-26(13-20(19)30-22)14-21(29)28-10-8-27(9-11-28)16-2-1-3-16/h4-5,12,16H,1-3,6-11,13-14H2. The van der Waals surface area contributed by atoms with E-state index in [0.29, 0.717) is 16.6 Å². The summed E-state index contributed by atoms with van der Waals surface area (Å²) >= 11 is 13.9.